The van der Waals surface area contributed by atoms with Gasteiger partial charge in [-0.1, -0.05) is 12.1 Å². The molecular weight excluding hydrogens is 368 g/mol. The second kappa shape index (κ2) is 8.05. The first-order chi connectivity index (χ1) is 13.5. The summed E-state index contributed by atoms with van der Waals surface area (Å²) in [4.78, 5) is 37.4. The first-order valence-electron chi connectivity index (χ1n) is 8.51. The number of furan rings is 1. The van der Waals surface area contributed by atoms with Gasteiger partial charge in [-0.25, -0.2) is 0 Å². The number of carbonyl (C=O) groups excluding carboxylic acids is 2. The van der Waals surface area contributed by atoms with Crippen molar-refractivity contribution >= 4 is 17.4 Å². The second-order valence-corrected chi connectivity index (χ2v) is 6.17. The molecule has 3 rings (SSSR count). The van der Waals surface area contributed by atoms with E-state index >= 15 is 0 Å². The Labute approximate surface area is 160 Å². The van der Waals surface area contributed by atoms with E-state index in [0.717, 1.165) is 0 Å². The predicted octanol–water partition coefficient (Wildman–Crippen LogP) is 2.80. The number of non-ortho nitro benzene ring substituents is 1. The number of nitro benzene ring substituents is 1. The monoisotopic (exact) mass is 386 g/mol. The third-order valence-corrected chi connectivity index (χ3v) is 4.44. The lowest BCUT2D eigenvalue weighted by molar-refractivity contribution is -0.384. The van der Waals surface area contributed by atoms with Gasteiger partial charge in [0.05, 0.1) is 22.8 Å². The number of hydrogen-bond acceptors (Lipinski definition) is 7. The van der Waals surface area contributed by atoms with Crippen LogP contribution in [0.3, 0.4) is 0 Å². The van der Waals surface area contributed by atoms with Gasteiger partial charge in [-0.2, -0.15) is 0 Å². The minimum Gasteiger partial charge on any atom is -0.503 e. The molecular formula is C19H18N2O7. The Morgan fingerprint density at radius 2 is 2.14 bits per heavy atom. The van der Waals surface area contributed by atoms with Crippen molar-refractivity contribution in [3.63, 3.8) is 0 Å². The number of carbonyl (C=O) groups is 2. The first kappa shape index (κ1) is 19.3. The summed E-state index contributed by atoms with van der Waals surface area (Å²) in [6.07, 6.45) is 1.77. The number of methoxy groups -OCH3 is 1. The summed E-state index contributed by atoms with van der Waals surface area (Å²) in [5.41, 5.74) is -0.00485. The fourth-order valence-corrected chi connectivity index (χ4v) is 3.19. The molecule has 1 unspecified atom stereocenters. The molecule has 0 radical (unpaired) electrons. The fourth-order valence-electron chi connectivity index (χ4n) is 3.19. The Morgan fingerprint density at radius 3 is 2.79 bits per heavy atom. The summed E-state index contributed by atoms with van der Waals surface area (Å²) in [5.74, 6) is -2.09. The van der Waals surface area contributed by atoms with E-state index in [0.29, 0.717) is 18.6 Å². The summed E-state index contributed by atoms with van der Waals surface area (Å²) in [6, 6.07) is 7.60. The molecule has 1 aromatic carbocycles. The summed E-state index contributed by atoms with van der Waals surface area (Å²) in [6.45, 7) is 0.562. The van der Waals surface area contributed by atoms with E-state index in [1.807, 2.05) is 0 Å². The maximum atomic E-state index is 12.9. The number of hydrogen-bond donors (Lipinski definition) is 1. The van der Waals surface area contributed by atoms with E-state index in [-0.39, 0.29) is 23.6 Å². The van der Waals surface area contributed by atoms with E-state index in [1.54, 1.807) is 6.07 Å². The van der Waals surface area contributed by atoms with Gasteiger partial charge in [0.2, 0.25) is 5.78 Å². The summed E-state index contributed by atoms with van der Waals surface area (Å²) >= 11 is 0. The number of aliphatic hydroxyl groups excluding tert-OH is 1. The van der Waals surface area contributed by atoms with Crippen molar-refractivity contribution in [1.29, 1.82) is 0 Å². The predicted molar refractivity (Wildman–Crippen MR) is 96.7 cm³/mol. The lowest BCUT2D eigenvalue weighted by atomic mass is 9.94. The number of rotatable bonds is 8. The van der Waals surface area contributed by atoms with Crippen LogP contribution in [-0.2, 0) is 9.53 Å². The number of nitrogens with zero attached hydrogens (tertiary/aromatic N) is 2. The topological polar surface area (TPSA) is 123 Å². The van der Waals surface area contributed by atoms with Crippen LogP contribution in [-0.4, -0.2) is 46.9 Å². The molecule has 9 heteroatoms. The maximum absolute atomic E-state index is 12.9. The van der Waals surface area contributed by atoms with Crippen LogP contribution in [0.5, 0.6) is 0 Å². The van der Waals surface area contributed by atoms with Crippen molar-refractivity contribution < 1.29 is 28.8 Å². The molecule has 1 aliphatic heterocycles. The molecule has 1 N–H and O–H groups in total. The van der Waals surface area contributed by atoms with Gasteiger partial charge >= 0.3 is 0 Å². The third kappa shape index (κ3) is 3.52. The Balaban J connectivity index is 2.07. The summed E-state index contributed by atoms with van der Waals surface area (Å²) < 4.78 is 10.1. The van der Waals surface area contributed by atoms with Crippen LogP contribution in [0, 0.1) is 10.1 Å². The molecule has 1 amide bonds. The summed E-state index contributed by atoms with van der Waals surface area (Å²) in [5, 5.41) is 21.6. The average molecular weight is 386 g/mol. The largest absolute Gasteiger partial charge is 0.503 e. The molecule has 1 atom stereocenters. The molecule has 2 aromatic rings. The van der Waals surface area contributed by atoms with E-state index < -0.39 is 28.4 Å². The van der Waals surface area contributed by atoms with Crippen LogP contribution in [0.15, 0.2) is 58.4 Å². The van der Waals surface area contributed by atoms with Crippen molar-refractivity contribution in [2.75, 3.05) is 20.3 Å². The highest BCUT2D eigenvalue weighted by molar-refractivity contribution is 6.15. The van der Waals surface area contributed by atoms with Crippen molar-refractivity contribution in [1.82, 2.24) is 4.90 Å². The van der Waals surface area contributed by atoms with Gasteiger partial charge in [0.1, 0.15) is 0 Å². The molecule has 0 saturated heterocycles. The molecule has 9 nitrogen and oxygen atoms in total. The van der Waals surface area contributed by atoms with Crippen molar-refractivity contribution in [2.45, 2.75) is 12.5 Å². The van der Waals surface area contributed by atoms with Crippen molar-refractivity contribution in [3.05, 3.63) is 75.4 Å². The van der Waals surface area contributed by atoms with Crippen LogP contribution < -0.4 is 0 Å². The van der Waals surface area contributed by atoms with E-state index in [9.17, 15) is 24.8 Å². The quantitative estimate of drug-likeness (QED) is 0.320. The lowest BCUT2D eigenvalue weighted by Crippen LogP contribution is -2.32. The Kier molecular flexibility index (Phi) is 5.55. The van der Waals surface area contributed by atoms with E-state index in [4.69, 9.17) is 9.15 Å². The first-order valence-corrected chi connectivity index (χ1v) is 8.51. The number of ketones is 1. The van der Waals surface area contributed by atoms with Gasteiger partial charge in [0, 0.05) is 32.4 Å². The van der Waals surface area contributed by atoms with Gasteiger partial charge in [-0.15, -0.1) is 0 Å². The molecule has 1 aliphatic rings. The minimum absolute atomic E-state index is 0.0384. The third-order valence-electron chi connectivity index (χ3n) is 4.44. The van der Waals surface area contributed by atoms with Gasteiger partial charge in [-0.05, 0) is 24.1 Å². The van der Waals surface area contributed by atoms with Crippen LogP contribution in [0.25, 0.3) is 0 Å². The molecule has 0 aliphatic carbocycles. The van der Waals surface area contributed by atoms with Crippen LogP contribution >= 0.6 is 0 Å². The Bertz CT molecular complexity index is 934. The molecule has 0 bridgehead atoms. The maximum Gasteiger partial charge on any atom is 0.290 e. The van der Waals surface area contributed by atoms with Crippen LogP contribution in [0.2, 0.25) is 0 Å². The number of aliphatic hydroxyl groups is 1. The Morgan fingerprint density at radius 1 is 1.36 bits per heavy atom. The van der Waals surface area contributed by atoms with Gasteiger partial charge in [0.15, 0.2) is 11.5 Å². The van der Waals surface area contributed by atoms with Gasteiger partial charge in [-0.3, -0.25) is 19.7 Å². The van der Waals surface area contributed by atoms with E-state index in [1.165, 1.54) is 48.6 Å². The van der Waals surface area contributed by atoms with Crippen molar-refractivity contribution in [2.24, 2.45) is 0 Å². The highest BCUT2D eigenvalue weighted by Gasteiger charge is 2.44. The SMILES string of the molecule is COCCCN1C(=O)C(O)=C(C(=O)c2ccco2)C1c1cccc([N+](=O)[O-])c1. The van der Waals surface area contributed by atoms with Crippen molar-refractivity contribution in [3.8, 4) is 0 Å². The number of benzene rings is 1. The number of Topliss-reactive ketones (excluding diaryl/α,β-unsaturated/α-hetero) is 1. The second-order valence-electron chi connectivity index (χ2n) is 6.17. The zero-order valence-corrected chi connectivity index (χ0v) is 15.0. The molecule has 0 fully saturated rings. The standard InChI is InChI=1S/C19H18N2O7/c1-27-9-4-8-20-16(12-5-2-6-13(11-12)21(25)26)15(18(23)19(20)24)17(22)14-7-3-10-28-14/h2-3,5-7,10-11,16,23H,4,8-9H2,1H3. The number of nitro groups is 1. The zero-order valence-electron chi connectivity index (χ0n) is 15.0. The fraction of sp³-hybridized carbons (Fsp3) is 0.263. The molecule has 1 aromatic heterocycles. The molecule has 0 spiro atoms. The van der Waals surface area contributed by atoms with Gasteiger partial charge < -0.3 is 19.2 Å². The molecule has 2 heterocycles. The van der Waals surface area contributed by atoms with Gasteiger partial charge in [0.25, 0.3) is 11.6 Å². The van der Waals surface area contributed by atoms with Crippen LogP contribution in [0.1, 0.15) is 28.6 Å². The smallest absolute Gasteiger partial charge is 0.290 e. The normalized spacial score (nSPS) is 16.7. The highest BCUT2D eigenvalue weighted by Crippen LogP contribution is 2.39. The molecule has 146 valence electrons. The minimum atomic E-state index is -0.971. The highest BCUT2D eigenvalue weighted by atomic mass is 16.6. The Hall–Kier alpha value is -3.46. The summed E-state index contributed by atoms with van der Waals surface area (Å²) in [7, 11) is 1.52. The lowest BCUT2D eigenvalue weighted by Gasteiger charge is -2.26. The molecule has 0 saturated carbocycles. The molecule has 28 heavy (non-hydrogen) atoms. The van der Waals surface area contributed by atoms with E-state index in [2.05, 4.69) is 0 Å². The zero-order chi connectivity index (χ0) is 20.3. The average Bonchev–Trinajstić information content (AvgIpc) is 3.30. The number of ether oxygens (including phenoxy) is 1. The van der Waals surface area contributed by atoms with Crippen LogP contribution in [0.4, 0.5) is 5.69 Å². The number of amides is 1.